The highest BCUT2D eigenvalue weighted by atomic mass is 19.4. The molecular formula is C18H19F3N4. The molecule has 1 aromatic heterocycles. The Bertz CT molecular complexity index is 762. The molecule has 4 nitrogen and oxygen atoms in total. The predicted octanol–water partition coefficient (Wildman–Crippen LogP) is 4.46. The zero-order valence-corrected chi connectivity index (χ0v) is 13.8. The van der Waals surface area contributed by atoms with E-state index >= 15 is 0 Å². The lowest BCUT2D eigenvalue weighted by atomic mass is 10.0. The maximum Gasteiger partial charge on any atom is 0.417 e. The van der Waals surface area contributed by atoms with Gasteiger partial charge >= 0.3 is 6.18 Å². The van der Waals surface area contributed by atoms with E-state index in [1.54, 1.807) is 18.5 Å². The van der Waals surface area contributed by atoms with E-state index < -0.39 is 11.7 Å². The first-order valence-corrected chi connectivity index (χ1v) is 8.30. The fraction of sp³-hybridized carbons (Fsp3) is 0.444. The molecule has 1 aliphatic carbocycles. The topological polar surface area (TPSA) is 55.7 Å². The first-order valence-electron chi connectivity index (χ1n) is 8.30. The Morgan fingerprint density at radius 2 is 2.16 bits per heavy atom. The van der Waals surface area contributed by atoms with Crippen molar-refractivity contribution in [2.75, 3.05) is 11.4 Å². The van der Waals surface area contributed by atoms with Gasteiger partial charge < -0.3 is 9.88 Å². The molecule has 1 aliphatic rings. The van der Waals surface area contributed by atoms with Crippen LogP contribution in [0, 0.1) is 11.3 Å². The van der Waals surface area contributed by atoms with Gasteiger partial charge in [0.05, 0.1) is 23.5 Å². The normalized spacial score (nSPS) is 20.4. The molecular weight excluding hydrogens is 329 g/mol. The van der Waals surface area contributed by atoms with Crippen molar-refractivity contribution in [1.29, 1.82) is 5.26 Å². The van der Waals surface area contributed by atoms with Gasteiger partial charge in [-0.3, -0.25) is 0 Å². The highest BCUT2D eigenvalue weighted by Gasteiger charge is 2.35. The van der Waals surface area contributed by atoms with Crippen LogP contribution in [0.5, 0.6) is 0 Å². The Morgan fingerprint density at radius 1 is 1.36 bits per heavy atom. The van der Waals surface area contributed by atoms with Gasteiger partial charge in [-0.05, 0) is 44.4 Å². The Balaban J connectivity index is 1.86. The molecule has 2 atom stereocenters. The third kappa shape index (κ3) is 3.48. The minimum atomic E-state index is -4.53. The van der Waals surface area contributed by atoms with Crippen molar-refractivity contribution < 1.29 is 13.2 Å². The predicted molar refractivity (Wildman–Crippen MR) is 88.1 cm³/mol. The van der Waals surface area contributed by atoms with Crippen LogP contribution in [0.15, 0.2) is 30.7 Å². The number of alkyl halides is 3. The van der Waals surface area contributed by atoms with Gasteiger partial charge in [-0.1, -0.05) is 0 Å². The van der Waals surface area contributed by atoms with Gasteiger partial charge in [-0.25, -0.2) is 4.98 Å². The quantitative estimate of drug-likeness (QED) is 0.887. The summed E-state index contributed by atoms with van der Waals surface area (Å²) in [6, 6.07) is 5.79. The van der Waals surface area contributed by atoms with Crippen molar-refractivity contribution >= 4 is 5.69 Å². The second-order valence-corrected chi connectivity index (χ2v) is 6.30. The molecule has 2 aromatic rings. The van der Waals surface area contributed by atoms with Crippen molar-refractivity contribution in [3.8, 4) is 6.07 Å². The number of nitrogens with zero attached hydrogens (tertiary/aromatic N) is 3. The standard InChI is InChI=1S/C18H19F3N4/c1-2-25(14-5-3-12(7-14)17-10-23-11-24-17)15-6-4-13(9-22)16(8-15)18(19,20)21/h4,6,8,10-12,14H,2-3,5,7H2,1H3,(H,23,24). The Hall–Kier alpha value is -2.49. The second kappa shape index (κ2) is 6.79. The molecule has 7 heteroatoms. The van der Waals surface area contributed by atoms with Crippen LogP contribution in [0.4, 0.5) is 18.9 Å². The van der Waals surface area contributed by atoms with Crippen LogP contribution >= 0.6 is 0 Å². The summed E-state index contributed by atoms with van der Waals surface area (Å²) < 4.78 is 39.7. The van der Waals surface area contributed by atoms with Crippen LogP contribution in [0.3, 0.4) is 0 Å². The molecule has 0 radical (unpaired) electrons. The number of aromatic amines is 1. The largest absolute Gasteiger partial charge is 0.417 e. The van der Waals surface area contributed by atoms with E-state index in [4.69, 9.17) is 5.26 Å². The van der Waals surface area contributed by atoms with Gasteiger partial charge in [-0.15, -0.1) is 0 Å². The Labute approximate surface area is 144 Å². The number of benzene rings is 1. The van der Waals surface area contributed by atoms with Crippen LogP contribution in [0.2, 0.25) is 0 Å². The number of imidazole rings is 1. The van der Waals surface area contributed by atoms with E-state index in [2.05, 4.69) is 9.97 Å². The number of hydrogen-bond donors (Lipinski definition) is 1. The summed E-state index contributed by atoms with van der Waals surface area (Å²) in [5.41, 5.74) is 0.390. The summed E-state index contributed by atoms with van der Waals surface area (Å²) >= 11 is 0. The number of rotatable bonds is 4. The zero-order valence-electron chi connectivity index (χ0n) is 13.8. The number of halogens is 3. The van der Waals surface area contributed by atoms with Crippen molar-refractivity contribution in [3.63, 3.8) is 0 Å². The van der Waals surface area contributed by atoms with Gasteiger partial charge in [0.25, 0.3) is 0 Å². The van der Waals surface area contributed by atoms with E-state index in [9.17, 15) is 13.2 Å². The number of hydrogen-bond acceptors (Lipinski definition) is 3. The van der Waals surface area contributed by atoms with Gasteiger partial charge in [0.1, 0.15) is 0 Å². The van der Waals surface area contributed by atoms with Crippen molar-refractivity contribution in [2.45, 2.75) is 44.3 Å². The molecule has 1 saturated carbocycles. The Kier molecular flexibility index (Phi) is 4.71. The summed E-state index contributed by atoms with van der Waals surface area (Å²) in [5, 5.41) is 8.95. The highest BCUT2D eigenvalue weighted by molar-refractivity contribution is 5.55. The zero-order chi connectivity index (χ0) is 18.0. The smallest absolute Gasteiger partial charge is 0.369 e. The lowest BCUT2D eigenvalue weighted by Crippen LogP contribution is -2.33. The Morgan fingerprint density at radius 3 is 2.76 bits per heavy atom. The van der Waals surface area contributed by atoms with Crippen molar-refractivity contribution in [2.24, 2.45) is 0 Å². The minimum absolute atomic E-state index is 0.173. The molecule has 25 heavy (non-hydrogen) atoms. The lowest BCUT2D eigenvalue weighted by Gasteiger charge is -2.31. The molecule has 1 N–H and O–H groups in total. The average molecular weight is 348 g/mol. The maximum atomic E-state index is 13.2. The third-order valence-electron chi connectivity index (χ3n) is 4.91. The molecule has 1 heterocycles. The molecule has 1 fully saturated rings. The van der Waals surface area contributed by atoms with Crippen LogP contribution in [0.25, 0.3) is 0 Å². The minimum Gasteiger partial charge on any atom is -0.369 e. The van der Waals surface area contributed by atoms with E-state index in [0.29, 0.717) is 18.2 Å². The molecule has 2 unspecified atom stereocenters. The van der Waals surface area contributed by atoms with Crippen LogP contribution in [-0.4, -0.2) is 22.6 Å². The summed E-state index contributed by atoms with van der Waals surface area (Å²) in [6.45, 7) is 2.55. The van der Waals surface area contributed by atoms with Crippen LogP contribution < -0.4 is 4.90 Å². The highest BCUT2D eigenvalue weighted by Crippen LogP contribution is 2.39. The van der Waals surface area contributed by atoms with E-state index in [-0.39, 0.29) is 11.6 Å². The first-order chi connectivity index (χ1) is 11.9. The lowest BCUT2D eigenvalue weighted by molar-refractivity contribution is -0.137. The van der Waals surface area contributed by atoms with E-state index in [1.165, 1.54) is 6.07 Å². The molecule has 0 spiro atoms. The van der Waals surface area contributed by atoms with Gasteiger partial charge in [0.2, 0.25) is 0 Å². The summed E-state index contributed by atoms with van der Waals surface area (Å²) in [6.07, 6.45) is 1.69. The van der Waals surface area contributed by atoms with E-state index in [0.717, 1.165) is 31.0 Å². The third-order valence-corrected chi connectivity index (χ3v) is 4.91. The molecule has 0 amide bonds. The number of aromatic nitrogens is 2. The number of nitrogens with one attached hydrogen (secondary N) is 1. The molecule has 132 valence electrons. The van der Waals surface area contributed by atoms with Gasteiger partial charge in [-0.2, -0.15) is 18.4 Å². The molecule has 0 saturated heterocycles. The number of nitriles is 1. The average Bonchev–Trinajstić information content (AvgIpc) is 3.26. The molecule has 0 bridgehead atoms. The fourth-order valence-corrected chi connectivity index (χ4v) is 3.71. The SMILES string of the molecule is CCN(c1ccc(C#N)c(C(F)(F)F)c1)C1CCC(c2cnc[nH]2)C1. The van der Waals surface area contributed by atoms with Gasteiger partial charge in [0.15, 0.2) is 0 Å². The fourth-order valence-electron chi connectivity index (χ4n) is 3.71. The van der Waals surface area contributed by atoms with Crippen molar-refractivity contribution in [1.82, 2.24) is 9.97 Å². The van der Waals surface area contributed by atoms with Crippen LogP contribution in [-0.2, 0) is 6.18 Å². The number of anilines is 1. The van der Waals surface area contributed by atoms with Crippen LogP contribution in [0.1, 0.15) is 48.9 Å². The first kappa shape index (κ1) is 17.3. The monoisotopic (exact) mass is 348 g/mol. The number of H-pyrrole nitrogens is 1. The molecule has 1 aromatic carbocycles. The maximum absolute atomic E-state index is 13.2. The van der Waals surface area contributed by atoms with Gasteiger partial charge in [0, 0.05) is 36.1 Å². The summed E-state index contributed by atoms with van der Waals surface area (Å²) in [7, 11) is 0. The molecule has 3 rings (SSSR count). The van der Waals surface area contributed by atoms with E-state index in [1.807, 2.05) is 18.0 Å². The summed E-state index contributed by atoms with van der Waals surface area (Å²) in [5.74, 6) is 0.349. The molecule has 0 aliphatic heterocycles. The second-order valence-electron chi connectivity index (χ2n) is 6.30. The summed E-state index contributed by atoms with van der Waals surface area (Å²) in [4.78, 5) is 9.18. The van der Waals surface area contributed by atoms with Crippen molar-refractivity contribution in [3.05, 3.63) is 47.5 Å².